The Bertz CT molecular complexity index is 1100. The first-order chi connectivity index (χ1) is 12.7. The molecule has 26 heavy (non-hydrogen) atoms. The zero-order chi connectivity index (χ0) is 17.9. The molecular weight excluding hydrogens is 364 g/mol. The number of aromatic nitrogens is 1. The molecule has 0 spiro atoms. The van der Waals surface area contributed by atoms with Gasteiger partial charge in [0.1, 0.15) is 0 Å². The zero-order valence-corrected chi connectivity index (χ0v) is 15.3. The summed E-state index contributed by atoms with van der Waals surface area (Å²) < 4.78 is 0. The van der Waals surface area contributed by atoms with Crippen molar-refractivity contribution in [3.8, 4) is 0 Å². The van der Waals surface area contributed by atoms with E-state index >= 15 is 0 Å². The maximum atomic E-state index is 12.5. The van der Waals surface area contributed by atoms with Crippen molar-refractivity contribution in [3.63, 3.8) is 0 Å². The Morgan fingerprint density at radius 2 is 1.81 bits per heavy atom. The number of thioether (sulfide) groups is 1. The lowest BCUT2D eigenvalue weighted by Gasteiger charge is -2.10. The third kappa shape index (κ3) is 3.39. The van der Waals surface area contributed by atoms with Gasteiger partial charge in [0.15, 0.2) is 0 Å². The maximum Gasteiger partial charge on any atom is 0.234 e. The number of fused-ring (bicyclic) bond motifs is 2. The third-order valence-corrected chi connectivity index (χ3v) is 5.47. The molecule has 0 aliphatic heterocycles. The summed E-state index contributed by atoms with van der Waals surface area (Å²) in [6.07, 6.45) is 1.74. The van der Waals surface area contributed by atoms with Crippen molar-refractivity contribution in [2.45, 2.75) is 4.90 Å². The number of carbonyl (C=O) groups is 1. The van der Waals surface area contributed by atoms with Gasteiger partial charge in [-0.2, -0.15) is 0 Å². The van der Waals surface area contributed by atoms with E-state index < -0.39 is 0 Å². The lowest BCUT2D eigenvalue weighted by atomic mass is 10.1. The Kier molecular flexibility index (Phi) is 4.78. The first kappa shape index (κ1) is 16.9. The minimum absolute atomic E-state index is 0.0598. The van der Waals surface area contributed by atoms with E-state index in [9.17, 15) is 4.79 Å². The second kappa shape index (κ2) is 7.36. The number of hydrogen-bond acceptors (Lipinski definition) is 3. The molecule has 1 heterocycles. The molecule has 0 fully saturated rings. The SMILES string of the molecule is O=C(CSc1cccc2cccc(Cl)c12)Nc1cccc2ncccc12. The number of amides is 1. The largest absolute Gasteiger partial charge is 0.325 e. The third-order valence-electron chi connectivity index (χ3n) is 4.09. The molecule has 0 saturated carbocycles. The van der Waals surface area contributed by atoms with Crippen LogP contribution in [-0.4, -0.2) is 16.6 Å². The number of benzene rings is 3. The number of anilines is 1. The minimum atomic E-state index is -0.0598. The molecule has 0 aliphatic carbocycles. The van der Waals surface area contributed by atoms with E-state index in [1.807, 2.05) is 66.7 Å². The quantitative estimate of drug-likeness (QED) is 0.458. The lowest BCUT2D eigenvalue weighted by molar-refractivity contribution is -0.113. The number of rotatable bonds is 4. The first-order valence-electron chi connectivity index (χ1n) is 8.16. The Balaban J connectivity index is 1.53. The van der Waals surface area contributed by atoms with Crippen LogP contribution < -0.4 is 5.32 Å². The van der Waals surface area contributed by atoms with Crippen LogP contribution in [0.2, 0.25) is 5.02 Å². The summed E-state index contributed by atoms with van der Waals surface area (Å²) in [4.78, 5) is 17.8. The van der Waals surface area contributed by atoms with E-state index in [0.29, 0.717) is 10.8 Å². The Morgan fingerprint density at radius 1 is 1.00 bits per heavy atom. The molecule has 0 atom stereocenters. The van der Waals surface area contributed by atoms with Crippen molar-refractivity contribution in [2.75, 3.05) is 11.1 Å². The zero-order valence-electron chi connectivity index (χ0n) is 13.8. The Labute approximate surface area is 160 Å². The van der Waals surface area contributed by atoms with E-state index in [2.05, 4.69) is 10.3 Å². The highest BCUT2D eigenvalue weighted by Crippen LogP contribution is 2.33. The standard InChI is InChI=1S/C21H15ClN2OS/c22-16-8-1-5-14-6-2-11-19(21(14)16)26-13-20(25)24-18-10-3-9-17-15(18)7-4-12-23-17/h1-12H,13H2,(H,24,25). The molecule has 0 unspecified atom stereocenters. The second-order valence-corrected chi connectivity index (χ2v) is 7.23. The maximum absolute atomic E-state index is 12.5. The number of nitrogens with one attached hydrogen (secondary N) is 1. The van der Waals surface area contributed by atoms with Crippen molar-refractivity contribution in [1.82, 2.24) is 4.98 Å². The molecule has 0 saturated heterocycles. The summed E-state index contributed by atoms with van der Waals surface area (Å²) in [5.41, 5.74) is 1.64. The molecular formula is C21H15ClN2OS. The molecule has 1 aromatic heterocycles. The topological polar surface area (TPSA) is 42.0 Å². The van der Waals surface area contributed by atoms with Gasteiger partial charge in [-0.15, -0.1) is 11.8 Å². The van der Waals surface area contributed by atoms with Crippen molar-refractivity contribution in [1.29, 1.82) is 0 Å². The van der Waals surface area contributed by atoms with E-state index in [1.54, 1.807) is 6.20 Å². The first-order valence-corrected chi connectivity index (χ1v) is 9.52. The molecule has 0 aliphatic rings. The van der Waals surface area contributed by atoms with Gasteiger partial charge >= 0.3 is 0 Å². The van der Waals surface area contributed by atoms with Crippen LogP contribution >= 0.6 is 23.4 Å². The number of halogens is 1. The van der Waals surface area contributed by atoms with Crippen LogP contribution in [0, 0.1) is 0 Å². The number of hydrogen-bond donors (Lipinski definition) is 1. The molecule has 4 aromatic rings. The van der Waals surface area contributed by atoms with Crippen LogP contribution in [0.5, 0.6) is 0 Å². The summed E-state index contributed by atoms with van der Waals surface area (Å²) in [7, 11) is 0. The van der Waals surface area contributed by atoms with Gasteiger partial charge in [0, 0.05) is 26.9 Å². The van der Waals surface area contributed by atoms with Crippen LogP contribution in [-0.2, 0) is 4.79 Å². The predicted octanol–water partition coefficient (Wildman–Crippen LogP) is 5.77. The van der Waals surface area contributed by atoms with E-state index in [0.717, 1.165) is 32.3 Å². The summed E-state index contributed by atoms with van der Waals surface area (Å²) in [5.74, 6) is 0.247. The van der Waals surface area contributed by atoms with Crippen molar-refractivity contribution in [2.24, 2.45) is 0 Å². The van der Waals surface area contributed by atoms with Crippen LogP contribution in [0.4, 0.5) is 5.69 Å². The number of carbonyl (C=O) groups excluding carboxylic acids is 1. The lowest BCUT2D eigenvalue weighted by Crippen LogP contribution is -2.14. The molecule has 3 aromatic carbocycles. The number of nitrogens with zero attached hydrogens (tertiary/aromatic N) is 1. The monoisotopic (exact) mass is 378 g/mol. The molecule has 1 N–H and O–H groups in total. The van der Waals surface area contributed by atoms with Crippen molar-refractivity contribution < 1.29 is 4.79 Å². The van der Waals surface area contributed by atoms with E-state index in [4.69, 9.17) is 11.6 Å². The van der Waals surface area contributed by atoms with Gasteiger partial charge < -0.3 is 5.32 Å². The van der Waals surface area contributed by atoms with Gasteiger partial charge in [-0.3, -0.25) is 9.78 Å². The van der Waals surface area contributed by atoms with Gasteiger partial charge in [-0.1, -0.05) is 41.9 Å². The van der Waals surface area contributed by atoms with Gasteiger partial charge in [-0.05, 0) is 41.8 Å². The van der Waals surface area contributed by atoms with Gasteiger partial charge in [0.2, 0.25) is 5.91 Å². The molecule has 0 radical (unpaired) electrons. The summed E-state index contributed by atoms with van der Waals surface area (Å²) >= 11 is 7.84. The smallest absolute Gasteiger partial charge is 0.234 e. The van der Waals surface area contributed by atoms with Crippen LogP contribution in [0.25, 0.3) is 21.7 Å². The second-order valence-electron chi connectivity index (χ2n) is 5.81. The molecule has 1 amide bonds. The van der Waals surface area contributed by atoms with Crippen LogP contribution in [0.15, 0.2) is 77.8 Å². The van der Waals surface area contributed by atoms with Crippen molar-refractivity contribution in [3.05, 3.63) is 77.9 Å². The predicted molar refractivity (Wildman–Crippen MR) is 110 cm³/mol. The molecule has 4 rings (SSSR count). The highest BCUT2D eigenvalue weighted by molar-refractivity contribution is 8.00. The molecule has 5 heteroatoms. The highest BCUT2D eigenvalue weighted by atomic mass is 35.5. The van der Waals surface area contributed by atoms with E-state index in [-0.39, 0.29) is 5.91 Å². The fraction of sp³-hybridized carbons (Fsp3) is 0.0476. The van der Waals surface area contributed by atoms with Gasteiger partial charge in [-0.25, -0.2) is 0 Å². The average Bonchev–Trinajstić information content (AvgIpc) is 2.67. The Hall–Kier alpha value is -2.56. The van der Waals surface area contributed by atoms with Crippen LogP contribution in [0.1, 0.15) is 0 Å². The average molecular weight is 379 g/mol. The fourth-order valence-corrected chi connectivity index (χ4v) is 4.17. The molecule has 3 nitrogen and oxygen atoms in total. The minimum Gasteiger partial charge on any atom is -0.325 e. The summed E-state index contributed by atoms with van der Waals surface area (Å²) in [6, 6.07) is 21.4. The summed E-state index contributed by atoms with van der Waals surface area (Å²) in [6.45, 7) is 0. The normalized spacial score (nSPS) is 11.0. The summed E-state index contributed by atoms with van der Waals surface area (Å²) in [5, 5.41) is 6.68. The highest BCUT2D eigenvalue weighted by Gasteiger charge is 2.10. The van der Waals surface area contributed by atoms with Gasteiger partial charge in [0.25, 0.3) is 0 Å². The van der Waals surface area contributed by atoms with Gasteiger partial charge in [0.05, 0.1) is 17.0 Å². The molecule has 128 valence electrons. The number of pyridine rings is 1. The Morgan fingerprint density at radius 3 is 2.69 bits per heavy atom. The van der Waals surface area contributed by atoms with E-state index in [1.165, 1.54) is 11.8 Å². The molecule has 0 bridgehead atoms. The fourth-order valence-electron chi connectivity index (χ4n) is 2.92. The van der Waals surface area contributed by atoms with Crippen molar-refractivity contribution >= 4 is 56.6 Å². The van der Waals surface area contributed by atoms with Crippen LogP contribution in [0.3, 0.4) is 0 Å².